The van der Waals surface area contributed by atoms with Gasteiger partial charge in [-0.1, -0.05) is 46.8 Å². The van der Waals surface area contributed by atoms with E-state index in [0.717, 1.165) is 38.5 Å². The van der Waals surface area contributed by atoms with E-state index in [0.29, 0.717) is 23.7 Å². The first-order valence-corrected chi connectivity index (χ1v) is 12.9. The lowest BCUT2D eigenvalue weighted by Crippen LogP contribution is -2.59. The maximum absolute atomic E-state index is 11.3. The zero-order chi connectivity index (χ0) is 22.7. The highest BCUT2D eigenvalue weighted by molar-refractivity contribution is 5.14. The molecule has 0 amide bonds. The average Bonchev–Trinajstić information content (AvgIpc) is 2.98. The minimum atomic E-state index is -0.417. The number of hydrogen-bond donors (Lipinski definition) is 4. The molecule has 4 rings (SSSR count). The van der Waals surface area contributed by atoms with Crippen LogP contribution in [0.5, 0.6) is 0 Å². The van der Waals surface area contributed by atoms with Gasteiger partial charge in [-0.25, -0.2) is 0 Å². The van der Waals surface area contributed by atoms with Crippen molar-refractivity contribution in [2.75, 3.05) is 0 Å². The summed E-state index contributed by atoms with van der Waals surface area (Å²) in [7, 11) is 0. The third-order valence-electron chi connectivity index (χ3n) is 10.6. The van der Waals surface area contributed by atoms with Crippen molar-refractivity contribution >= 4 is 0 Å². The smallest absolute Gasteiger partial charge is 0.0743 e. The number of fused-ring (bicyclic) bond motifs is 5. The number of hydrogen-bond acceptors (Lipinski definition) is 4. The van der Waals surface area contributed by atoms with Gasteiger partial charge in [-0.15, -0.1) is 0 Å². The van der Waals surface area contributed by atoms with Crippen molar-refractivity contribution in [3.8, 4) is 0 Å². The molecule has 0 aromatic heterocycles. The molecule has 0 saturated heterocycles. The van der Waals surface area contributed by atoms with Gasteiger partial charge in [0.25, 0.3) is 0 Å². The molecule has 4 nitrogen and oxygen atoms in total. The normalized spacial score (nSPS) is 51.9. The number of aliphatic hydroxyl groups excluding tert-OH is 4. The molecule has 4 N–H and O–H groups in total. The second kappa shape index (κ2) is 8.42. The Balaban J connectivity index is 1.58. The Kier molecular flexibility index (Phi) is 6.44. The van der Waals surface area contributed by atoms with Gasteiger partial charge in [-0.05, 0) is 97.2 Å². The van der Waals surface area contributed by atoms with E-state index in [1.165, 1.54) is 6.42 Å². The Bertz CT molecular complexity index is 676. The quantitative estimate of drug-likeness (QED) is 0.501. The molecule has 4 aliphatic carbocycles. The van der Waals surface area contributed by atoms with Crippen LogP contribution in [0.4, 0.5) is 0 Å². The third kappa shape index (κ3) is 3.84. The fraction of sp³-hybridized carbons (Fsp3) is 0.926. The van der Waals surface area contributed by atoms with Gasteiger partial charge in [0.05, 0.1) is 24.4 Å². The van der Waals surface area contributed by atoms with E-state index < -0.39 is 6.10 Å². The van der Waals surface area contributed by atoms with Crippen LogP contribution < -0.4 is 0 Å². The molecular formula is C27H46O4. The molecule has 178 valence electrons. The first-order chi connectivity index (χ1) is 14.5. The summed E-state index contributed by atoms with van der Waals surface area (Å²) in [5, 5.41) is 43.0. The molecule has 0 unspecified atom stereocenters. The van der Waals surface area contributed by atoms with Crippen LogP contribution in [0.25, 0.3) is 0 Å². The van der Waals surface area contributed by atoms with Gasteiger partial charge < -0.3 is 20.4 Å². The molecule has 4 saturated carbocycles. The Morgan fingerprint density at radius 1 is 0.806 bits per heavy atom. The van der Waals surface area contributed by atoms with E-state index in [1.54, 1.807) is 0 Å². The fourth-order valence-electron chi connectivity index (χ4n) is 8.85. The first-order valence-electron chi connectivity index (χ1n) is 12.9. The number of rotatable bonds is 4. The SMILES string of the molecule is CC(C)[C@H](O)C=C[C@@H](C)[C@H]1C[C@@H](O)[C@H]2[C@@H]3C[C@H](O)[C@H]4C[C@@H](O)CC[C@]4(C)[C@H]3CC[C@@]21C. The van der Waals surface area contributed by atoms with E-state index in [4.69, 9.17) is 0 Å². The molecule has 0 aromatic rings. The maximum atomic E-state index is 11.3. The summed E-state index contributed by atoms with van der Waals surface area (Å²) < 4.78 is 0. The predicted molar refractivity (Wildman–Crippen MR) is 123 cm³/mol. The summed E-state index contributed by atoms with van der Waals surface area (Å²) in [4.78, 5) is 0. The highest BCUT2D eigenvalue weighted by Crippen LogP contribution is 2.68. The molecular weight excluding hydrogens is 388 g/mol. The van der Waals surface area contributed by atoms with Crippen molar-refractivity contribution in [3.63, 3.8) is 0 Å². The molecule has 12 atom stereocenters. The first kappa shape index (κ1) is 23.7. The molecule has 4 aliphatic rings. The van der Waals surface area contributed by atoms with Crippen LogP contribution in [0.2, 0.25) is 0 Å². The second-order valence-electron chi connectivity index (χ2n) is 12.6. The molecule has 0 heterocycles. The van der Waals surface area contributed by atoms with Crippen molar-refractivity contribution in [3.05, 3.63) is 12.2 Å². The topological polar surface area (TPSA) is 80.9 Å². The molecule has 0 spiro atoms. The van der Waals surface area contributed by atoms with E-state index in [-0.39, 0.29) is 46.9 Å². The minimum Gasteiger partial charge on any atom is -0.393 e. The van der Waals surface area contributed by atoms with E-state index in [2.05, 4.69) is 26.8 Å². The lowest BCUT2D eigenvalue weighted by molar-refractivity contribution is -0.180. The van der Waals surface area contributed by atoms with E-state index >= 15 is 0 Å². The zero-order valence-corrected chi connectivity index (χ0v) is 20.2. The van der Waals surface area contributed by atoms with Crippen LogP contribution in [-0.4, -0.2) is 44.8 Å². The van der Waals surface area contributed by atoms with Crippen molar-refractivity contribution in [1.29, 1.82) is 0 Å². The standard InChI is InChI=1S/C27H46O4/c1-15(2)22(29)7-6-16(3)20-14-24(31)25-18-13-23(30)21-12-17(28)8-10-26(21,4)19(18)9-11-27(20,25)5/h6-7,15-25,28-31H,8-14H2,1-5H3/t16-,17+,18-,19+,20-,21-,22-,23+,24-,25-,26-,27-/m1/s1. The number of allylic oxidation sites excluding steroid dienone is 1. The predicted octanol–water partition coefficient (Wildman–Crippen LogP) is 4.16. The van der Waals surface area contributed by atoms with Gasteiger partial charge in [0.1, 0.15) is 0 Å². The molecule has 4 heteroatoms. The summed E-state index contributed by atoms with van der Waals surface area (Å²) in [6.45, 7) is 11.1. The van der Waals surface area contributed by atoms with Crippen LogP contribution in [0, 0.1) is 52.3 Å². The average molecular weight is 435 g/mol. The highest BCUT2D eigenvalue weighted by atomic mass is 16.3. The van der Waals surface area contributed by atoms with E-state index in [1.807, 2.05) is 19.9 Å². The van der Waals surface area contributed by atoms with Crippen LogP contribution in [-0.2, 0) is 0 Å². The summed E-state index contributed by atoms with van der Waals surface area (Å²) in [5.74, 6) is 2.26. The molecule has 0 radical (unpaired) electrons. The van der Waals surface area contributed by atoms with Gasteiger partial charge in [0.2, 0.25) is 0 Å². The minimum absolute atomic E-state index is 0.0736. The Morgan fingerprint density at radius 3 is 2.16 bits per heavy atom. The molecule has 0 bridgehead atoms. The van der Waals surface area contributed by atoms with Gasteiger partial charge in [0.15, 0.2) is 0 Å². The van der Waals surface area contributed by atoms with Gasteiger partial charge in [0, 0.05) is 0 Å². The van der Waals surface area contributed by atoms with Crippen molar-refractivity contribution in [2.24, 2.45) is 52.3 Å². The second-order valence-corrected chi connectivity index (χ2v) is 12.6. The number of aliphatic hydroxyl groups is 4. The van der Waals surface area contributed by atoms with Crippen molar-refractivity contribution < 1.29 is 20.4 Å². The highest BCUT2D eigenvalue weighted by Gasteiger charge is 2.64. The Hall–Kier alpha value is -0.420. The van der Waals surface area contributed by atoms with Crippen LogP contribution >= 0.6 is 0 Å². The lowest BCUT2D eigenvalue weighted by Gasteiger charge is -2.62. The van der Waals surface area contributed by atoms with Crippen LogP contribution in [0.3, 0.4) is 0 Å². The molecule has 0 aromatic carbocycles. The zero-order valence-electron chi connectivity index (χ0n) is 20.2. The monoisotopic (exact) mass is 434 g/mol. The van der Waals surface area contributed by atoms with Crippen LogP contribution in [0.15, 0.2) is 12.2 Å². The van der Waals surface area contributed by atoms with Crippen molar-refractivity contribution in [2.45, 2.75) is 104 Å². The van der Waals surface area contributed by atoms with Crippen molar-refractivity contribution in [1.82, 2.24) is 0 Å². The summed E-state index contributed by atoms with van der Waals surface area (Å²) in [5.41, 5.74) is 0.151. The molecule has 31 heavy (non-hydrogen) atoms. The summed E-state index contributed by atoms with van der Waals surface area (Å²) >= 11 is 0. The largest absolute Gasteiger partial charge is 0.393 e. The summed E-state index contributed by atoms with van der Waals surface area (Å²) in [6.07, 6.45) is 9.23. The third-order valence-corrected chi connectivity index (χ3v) is 10.6. The molecule has 0 aliphatic heterocycles. The Labute approximate surface area is 189 Å². The van der Waals surface area contributed by atoms with Gasteiger partial charge in [-0.2, -0.15) is 0 Å². The summed E-state index contributed by atoms with van der Waals surface area (Å²) in [6, 6.07) is 0. The molecule has 4 fully saturated rings. The maximum Gasteiger partial charge on any atom is 0.0743 e. The fourth-order valence-corrected chi connectivity index (χ4v) is 8.85. The van der Waals surface area contributed by atoms with Gasteiger partial charge in [-0.3, -0.25) is 0 Å². The van der Waals surface area contributed by atoms with E-state index in [9.17, 15) is 20.4 Å². The Morgan fingerprint density at radius 2 is 1.48 bits per heavy atom. The van der Waals surface area contributed by atoms with Gasteiger partial charge >= 0.3 is 0 Å². The lowest BCUT2D eigenvalue weighted by atomic mass is 9.43. The van der Waals surface area contributed by atoms with Crippen LogP contribution in [0.1, 0.15) is 79.6 Å².